The normalized spacial score (nSPS) is 12.2. The number of ether oxygens (including phenoxy) is 1. The topological polar surface area (TPSA) is 54.1 Å². The molecular formula is C21H19F3N2O2. The number of allylic oxidation sites excluding steroid dienone is 1. The number of aromatic nitrogens is 1. The minimum atomic E-state index is -4.72. The Bertz CT molecular complexity index is 1020. The Labute approximate surface area is 160 Å². The number of halogens is 3. The van der Waals surface area contributed by atoms with Gasteiger partial charge in [-0.3, -0.25) is 0 Å². The fourth-order valence-electron chi connectivity index (χ4n) is 2.83. The van der Waals surface area contributed by atoms with Gasteiger partial charge in [0.15, 0.2) is 0 Å². The molecular weight excluding hydrogens is 369 g/mol. The highest BCUT2D eigenvalue weighted by molar-refractivity contribution is 5.90. The van der Waals surface area contributed by atoms with Gasteiger partial charge in [0, 0.05) is 22.3 Å². The summed E-state index contributed by atoms with van der Waals surface area (Å²) in [5.41, 5.74) is 2.35. The summed E-state index contributed by atoms with van der Waals surface area (Å²) in [5.74, 6) is -1.05. The molecule has 0 atom stereocenters. The van der Waals surface area contributed by atoms with E-state index in [0.717, 1.165) is 22.2 Å². The molecule has 0 unspecified atom stereocenters. The van der Waals surface area contributed by atoms with E-state index < -0.39 is 17.8 Å². The molecule has 2 aromatic carbocycles. The van der Waals surface area contributed by atoms with E-state index in [1.807, 2.05) is 36.4 Å². The first-order valence-electron chi connectivity index (χ1n) is 8.69. The summed E-state index contributed by atoms with van der Waals surface area (Å²) in [7, 11) is 0. The lowest BCUT2D eigenvalue weighted by Crippen LogP contribution is -2.21. The van der Waals surface area contributed by atoms with Gasteiger partial charge in [-0.2, -0.15) is 13.2 Å². The molecule has 28 heavy (non-hydrogen) atoms. The van der Waals surface area contributed by atoms with Gasteiger partial charge in [0.25, 0.3) is 0 Å². The van der Waals surface area contributed by atoms with Crippen molar-refractivity contribution < 1.29 is 22.7 Å². The van der Waals surface area contributed by atoms with Crippen molar-refractivity contribution in [2.75, 3.05) is 11.9 Å². The van der Waals surface area contributed by atoms with E-state index >= 15 is 0 Å². The standard InChI is InChI=1S/C21H19F3N2O2/c1-3-28-20(27)12-19(21(22,23)24)26-16-10-15-11-18(14-7-5-4-6-8-14)25-17(15)9-13(16)2/h4-12,25-26H,3H2,1-2H3/b19-12-. The Balaban J connectivity index is 1.98. The van der Waals surface area contributed by atoms with Crippen LogP contribution in [0.1, 0.15) is 12.5 Å². The van der Waals surface area contributed by atoms with Gasteiger partial charge in [0.1, 0.15) is 5.70 Å². The third-order valence-electron chi connectivity index (χ3n) is 4.17. The fraction of sp³-hybridized carbons (Fsp3) is 0.190. The monoisotopic (exact) mass is 388 g/mol. The number of aromatic amines is 1. The van der Waals surface area contributed by atoms with Gasteiger partial charge in [0.05, 0.1) is 12.7 Å². The van der Waals surface area contributed by atoms with E-state index in [4.69, 9.17) is 0 Å². The van der Waals surface area contributed by atoms with Gasteiger partial charge in [-0.15, -0.1) is 0 Å². The number of aryl methyl sites for hydroxylation is 1. The second kappa shape index (κ2) is 7.80. The Morgan fingerprint density at radius 1 is 1.18 bits per heavy atom. The molecule has 1 heterocycles. The molecule has 0 radical (unpaired) electrons. The van der Waals surface area contributed by atoms with Crippen molar-refractivity contribution in [1.82, 2.24) is 4.98 Å². The summed E-state index contributed by atoms with van der Waals surface area (Å²) in [6.45, 7) is 3.22. The number of hydrogen-bond donors (Lipinski definition) is 2. The molecule has 0 fully saturated rings. The van der Waals surface area contributed by atoms with Gasteiger partial charge in [-0.25, -0.2) is 4.79 Å². The van der Waals surface area contributed by atoms with Crippen molar-refractivity contribution in [3.8, 4) is 11.3 Å². The summed E-state index contributed by atoms with van der Waals surface area (Å²) in [6, 6.07) is 14.9. The van der Waals surface area contributed by atoms with Crippen molar-refractivity contribution in [3.05, 3.63) is 65.9 Å². The van der Waals surface area contributed by atoms with E-state index in [-0.39, 0.29) is 12.3 Å². The number of rotatable bonds is 5. The third-order valence-corrected chi connectivity index (χ3v) is 4.17. The van der Waals surface area contributed by atoms with Crippen molar-refractivity contribution in [3.63, 3.8) is 0 Å². The molecule has 1 aromatic heterocycles. The Morgan fingerprint density at radius 3 is 2.54 bits per heavy atom. The molecule has 0 bridgehead atoms. The number of benzene rings is 2. The van der Waals surface area contributed by atoms with E-state index in [0.29, 0.717) is 11.6 Å². The van der Waals surface area contributed by atoms with Crippen LogP contribution in [0.3, 0.4) is 0 Å². The van der Waals surface area contributed by atoms with Crippen LogP contribution in [0.2, 0.25) is 0 Å². The van der Waals surface area contributed by atoms with Crippen LogP contribution in [0, 0.1) is 6.92 Å². The predicted octanol–water partition coefficient (Wildman–Crippen LogP) is 5.56. The number of nitrogens with one attached hydrogen (secondary N) is 2. The number of esters is 1. The second-order valence-electron chi connectivity index (χ2n) is 6.24. The maximum absolute atomic E-state index is 13.3. The van der Waals surface area contributed by atoms with Gasteiger partial charge in [-0.05, 0) is 43.2 Å². The molecule has 146 valence electrons. The molecule has 4 nitrogen and oxygen atoms in total. The van der Waals surface area contributed by atoms with E-state index in [2.05, 4.69) is 15.0 Å². The van der Waals surface area contributed by atoms with Crippen LogP contribution in [0.25, 0.3) is 22.2 Å². The lowest BCUT2D eigenvalue weighted by atomic mass is 10.1. The van der Waals surface area contributed by atoms with Gasteiger partial charge < -0.3 is 15.0 Å². The van der Waals surface area contributed by atoms with Gasteiger partial charge >= 0.3 is 12.1 Å². The highest BCUT2D eigenvalue weighted by atomic mass is 19.4. The average molecular weight is 388 g/mol. The Kier molecular flexibility index (Phi) is 5.44. The number of H-pyrrole nitrogens is 1. The highest BCUT2D eigenvalue weighted by Gasteiger charge is 2.35. The van der Waals surface area contributed by atoms with E-state index in [1.54, 1.807) is 19.1 Å². The minimum absolute atomic E-state index is 0.00291. The minimum Gasteiger partial charge on any atom is -0.463 e. The van der Waals surface area contributed by atoms with Crippen LogP contribution < -0.4 is 5.32 Å². The Morgan fingerprint density at radius 2 is 1.89 bits per heavy atom. The van der Waals surface area contributed by atoms with Crippen molar-refractivity contribution in [1.29, 1.82) is 0 Å². The molecule has 3 aromatic rings. The zero-order chi connectivity index (χ0) is 20.3. The zero-order valence-electron chi connectivity index (χ0n) is 15.4. The number of alkyl halides is 3. The summed E-state index contributed by atoms with van der Waals surface area (Å²) in [4.78, 5) is 14.8. The molecule has 0 saturated heterocycles. The number of fused-ring (bicyclic) bond motifs is 1. The molecule has 2 N–H and O–H groups in total. The van der Waals surface area contributed by atoms with Gasteiger partial charge in [0.2, 0.25) is 0 Å². The molecule has 0 amide bonds. The van der Waals surface area contributed by atoms with Crippen LogP contribution in [0.4, 0.5) is 18.9 Å². The lowest BCUT2D eigenvalue weighted by molar-refractivity contribution is -0.138. The number of anilines is 1. The first-order valence-corrected chi connectivity index (χ1v) is 8.69. The predicted molar refractivity (Wildman–Crippen MR) is 103 cm³/mol. The van der Waals surface area contributed by atoms with Crippen LogP contribution in [-0.2, 0) is 9.53 Å². The van der Waals surface area contributed by atoms with Crippen LogP contribution in [0.5, 0.6) is 0 Å². The number of hydrogen-bond acceptors (Lipinski definition) is 3. The second-order valence-corrected chi connectivity index (χ2v) is 6.24. The van der Waals surface area contributed by atoms with Crippen LogP contribution in [0.15, 0.2) is 60.3 Å². The van der Waals surface area contributed by atoms with Crippen LogP contribution >= 0.6 is 0 Å². The average Bonchev–Trinajstić information content (AvgIpc) is 3.04. The fourth-order valence-corrected chi connectivity index (χ4v) is 2.83. The van der Waals surface area contributed by atoms with E-state index in [9.17, 15) is 18.0 Å². The van der Waals surface area contributed by atoms with Crippen molar-refractivity contribution in [2.24, 2.45) is 0 Å². The quantitative estimate of drug-likeness (QED) is 0.444. The van der Waals surface area contributed by atoms with Gasteiger partial charge in [-0.1, -0.05) is 30.3 Å². The summed E-state index contributed by atoms with van der Waals surface area (Å²) < 4.78 is 44.6. The van der Waals surface area contributed by atoms with Crippen molar-refractivity contribution >= 4 is 22.6 Å². The Hall–Kier alpha value is -3.22. The summed E-state index contributed by atoms with van der Waals surface area (Å²) >= 11 is 0. The summed E-state index contributed by atoms with van der Waals surface area (Å²) in [6.07, 6.45) is -4.29. The van der Waals surface area contributed by atoms with Crippen LogP contribution in [-0.4, -0.2) is 23.7 Å². The smallest absolute Gasteiger partial charge is 0.431 e. The lowest BCUT2D eigenvalue weighted by Gasteiger charge is -2.16. The van der Waals surface area contributed by atoms with E-state index in [1.165, 1.54) is 6.92 Å². The molecule has 0 aliphatic carbocycles. The molecule has 0 saturated carbocycles. The molecule has 0 aliphatic rings. The molecule has 7 heteroatoms. The zero-order valence-corrected chi connectivity index (χ0v) is 15.4. The summed E-state index contributed by atoms with van der Waals surface area (Å²) in [5, 5.41) is 3.09. The maximum Gasteiger partial charge on any atom is 0.431 e. The first kappa shape index (κ1) is 19.5. The SMILES string of the molecule is CCOC(=O)/C=C(\Nc1cc2cc(-c3ccccc3)[nH]c2cc1C)C(F)(F)F. The maximum atomic E-state index is 13.3. The molecule has 0 spiro atoms. The first-order chi connectivity index (χ1) is 13.3. The number of carbonyl (C=O) groups excluding carboxylic acids is 1. The molecule has 0 aliphatic heterocycles. The highest BCUT2D eigenvalue weighted by Crippen LogP contribution is 2.32. The third kappa shape index (κ3) is 4.36. The largest absolute Gasteiger partial charge is 0.463 e. The number of carbonyl (C=O) groups is 1. The van der Waals surface area contributed by atoms with Crippen molar-refractivity contribution in [2.45, 2.75) is 20.0 Å². The molecule has 3 rings (SSSR count).